The van der Waals surface area contributed by atoms with Gasteiger partial charge in [0.25, 0.3) is 0 Å². The third kappa shape index (κ3) is 12.1. The van der Waals surface area contributed by atoms with E-state index in [0.717, 1.165) is 9.80 Å². The largest absolute Gasteiger partial charge is 0.481 e. The van der Waals surface area contributed by atoms with Crippen LogP contribution < -0.4 is 27.0 Å². The van der Waals surface area contributed by atoms with Gasteiger partial charge in [-0.15, -0.1) is 0 Å². The normalized spacial score (nSPS) is 22.9. The van der Waals surface area contributed by atoms with Gasteiger partial charge < -0.3 is 67.0 Å². The summed E-state index contributed by atoms with van der Waals surface area (Å²) < 4.78 is 0. The van der Waals surface area contributed by atoms with E-state index in [4.69, 9.17) is 5.73 Å². The number of rotatable bonds is 19. The Morgan fingerprint density at radius 1 is 0.585 bits per heavy atom. The molecule has 4 fully saturated rings. The van der Waals surface area contributed by atoms with Gasteiger partial charge in [0.1, 0.15) is 48.3 Å². The van der Waals surface area contributed by atoms with Crippen molar-refractivity contribution in [2.24, 2.45) is 5.73 Å². The topological polar surface area (TPSA) is 339 Å². The molecule has 0 spiro atoms. The van der Waals surface area contributed by atoms with Crippen molar-refractivity contribution in [1.82, 2.24) is 40.9 Å². The van der Waals surface area contributed by atoms with Crippen LogP contribution in [-0.4, -0.2) is 193 Å². The molecule has 0 unspecified atom stereocenters. The number of benzene rings is 1. The lowest BCUT2D eigenvalue weighted by Gasteiger charge is -2.33. The molecule has 9 atom stereocenters. The van der Waals surface area contributed by atoms with E-state index in [-0.39, 0.29) is 64.7 Å². The molecule has 23 nitrogen and oxygen atoms in total. The summed E-state index contributed by atoms with van der Waals surface area (Å²) in [6.07, 6.45) is 1.25. The Morgan fingerprint density at radius 3 is 1.49 bits per heavy atom. The standard InChI is InChI=1S/C42H59N9O14/c1-23(43)34(56)46-27(21-52)39(61)48-15-5-11-29(48)36(58)44-25(19-24-9-3-2-4-10-24)35(57)47-28(22-53)40(62)49-16-6-12-30(49)37(59)45-26(20-33(54)55)38(60)50-17-7-13-31(50)41(63)51-18-8-14-32(51)42(64)65/h2-4,9-10,23,25-32,52-53H,5-8,11-22,43H2,1H3,(H,44,58)(H,45,59)(H,46,56)(H,47,57)(H,54,55)(H,64,65)/t23-,25-,26-,27-,28-,29-,30-,31-,32-/m0/s1. The summed E-state index contributed by atoms with van der Waals surface area (Å²) in [4.78, 5) is 137. The fourth-order valence-electron chi connectivity index (χ4n) is 8.89. The fourth-order valence-corrected chi connectivity index (χ4v) is 8.89. The Bertz CT molecular complexity index is 1970. The van der Waals surface area contributed by atoms with Gasteiger partial charge in [0.05, 0.1) is 25.7 Å². The van der Waals surface area contributed by atoms with Crippen LogP contribution in [0.5, 0.6) is 0 Å². The van der Waals surface area contributed by atoms with E-state index in [0.29, 0.717) is 24.8 Å². The zero-order valence-corrected chi connectivity index (χ0v) is 36.1. The monoisotopic (exact) mass is 913 g/mol. The summed E-state index contributed by atoms with van der Waals surface area (Å²) in [5.41, 5.74) is 6.20. The van der Waals surface area contributed by atoms with Crippen LogP contribution in [-0.2, 0) is 54.4 Å². The van der Waals surface area contributed by atoms with Crippen LogP contribution in [0.2, 0.25) is 0 Å². The second kappa shape index (κ2) is 22.6. The van der Waals surface area contributed by atoms with E-state index in [9.17, 15) is 68.4 Å². The molecular weight excluding hydrogens is 855 g/mol. The minimum atomic E-state index is -1.66. The van der Waals surface area contributed by atoms with Gasteiger partial charge in [0.15, 0.2) is 0 Å². The molecule has 1 aromatic rings. The van der Waals surface area contributed by atoms with Gasteiger partial charge >= 0.3 is 11.9 Å². The molecule has 4 aliphatic heterocycles. The average molecular weight is 914 g/mol. The second-order valence-corrected chi connectivity index (χ2v) is 16.8. The second-order valence-electron chi connectivity index (χ2n) is 16.8. The third-order valence-corrected chi connectivity index (χ3v) is 12.2. The Balaban J connectivity index is 1.27. The maximum absolute atomic E-state index is 14.0. The summed E-state index contributed by atoms with van der Waals surface area (Å²) >= 11 is 0. The van der Waals surface area contributed by atoms with Crippen LogP contribution >= 0.6 is 0 Å². The lowest BCUT2D eigenvalue weighted by atomic mass is 10.0. The molecule has 0 aliphatic carbocycles. The number of hydrogen-bond acceptors (Lipinski definition) is 13. The Morgan fingerprint density at radius 2 is 1.02 bits per heavy atom. The molecule has 4 heterocycles. The predicted octanol–water partition coefficient (Wildman–Crippen LogP) is -3.98. The molecule has 10 N–H and O–H groups in total. The number of carboxylic acids is 2. The van der Waals surface area contributed by atoms with Crippen LogP contribution in [0, 0.1) is 0 Å². The van der Waals surface area contributed by atoms with E-state index in [1.165, 1.54) is 16.7 Å². The maximum atomic E-state index is 14.0. The Hall–Kier alpha value is -6.20. The predicted molar refractivity (Wildman–Crippen MR) is 225 cm³/mol. The van der Waals surface area contributed by atoms with Gasteiger partial charge in [-0.25, -0.2) is 4.79 Å². The number of aliphatic hydroxyl groups is 2. The number of carboxylic acid groups (broad SMARTS) is 2. The smallest absolute Gasteiger partial charge is 0.326 e. The van der Waals surface area contributed by atoms with Gasteiger partial charge in [-0.1, -0.05) is 30.3 Å². The first-order valence-corrected chi connectivity index (χ1v) is 21.9. The summed E-state index contributed by atoms with van der Waals surface area (Å²) in [6.45, 7) is 0.0209. The average Bonchev–Trinajstić information content (AvgIpc) is 4.13. The molecule has 8 amide bonds. The number of carbonyl (C=O) groups is 10. The number of aliphatic hydroxyl groups excluding tert-OH is 2. The van der Waals surface area contributed by atoms with Crippen LogP contribution in [0.1, 0.15) is 70.3 Å². The number of amides is 8. The van der Waals surface area contributed by atoms with Gasteiger partial charge in [-0.2, -0.15) is 0 Å². The number of hydrogen-bond donors (Lipinski definition) is 9. The van der Waals surface area contributed by atoms with Gasteiger partial charge in [0, 0.05) is 32.6 Å². The summed E-state index contributed by atoms with van der Waals surface area (Å²) in [6, 6.07) is -2.98. The molecule has 5 rings (SSSR count). The fraction of sp³-hybridized carbons (Fsp3) is 0.619. The highest BCUT2D eigenvalue weighted by atomic mass is 16.4. The maximum Gasteiger partial charge on any atom is 0.326 e. The van der Waals surface area contributed by atoms with Crippen molar-refractivity contribution in [3.05, 3.63) is 35.9 Å². The van der Waals surface area contributed by atoms with Crippen LogP contribution in [0.3, 0.4) is 0 Å². The number of carbonyl (C=O) groups excluding carboxylic acids is 8. The molecule has 4 aliphatic rings. The van der Waals surface area contributed by atoms with Gasteiger partial charge in [-0.05, 0) is 63.9 Å². The first-order valence-electron chi connectivity index (χ1n) is 21.9. The van der Waals surface area contributed by atoms with E-state index >= 15 is 0 Å². The molecule has 65 heavy (non-hydrogen) atoms. The lowest BCUT2D eigenvalue weighted by Crippen LogP contribution is -2.61. The third-order valence-electron chi connectivity index (χ3n) is 12.2. The van der Waals surface area contributed by atoms with Crippen molar-refractivity contribution in [3.8, 4) is 0 Å². The molecule has 0 saturated carbocycles. The summed E-state index contributed by atoms with van der Waals surface area (Å²) in [5, 5.41) is 49.6. The molecule has 0 bridgehead atoms. The Labute approximate surface area is 374 Å². The molecule has 1 aromatic carbocycles. The van der Waals surface area contributed by atoms with Crippen molar-refractivity contribution in [3.63, 3.8) is 0 Å². The van der Waals surface area contributed by atoms with Gasteiger partial charge in [0.2, 0.25) is 47.3 Å². The number of aliphatic carboxylic acids is 2. The molecule has 4 saturated heterocycles. The van der Waals surface area contributed by atoms with Crippen LogP contribution in [0.25, 0.3) is 0 Å². The van der Waals surface area contributed by atoms with E-state index < -0.39 is 133 Å². The van der Waals surface area contributed by atoms with Crippen molar-refractivity contribution in [2.45, 2.75) is 126 Å². The quantitative estimate of drug-likeness (QED) is 0.0639. The molecule has 0 aromatic heterocycles. The first-order chi connectivity index (χ1) is 31.0. The van der Waals surface area contributed by atoms with Crippen LogP contribution in [0.15, 0.2) is 30.3 Å². The van der Waals surface area contributed by atoms with Crippen LogP contribution in [0.4, 0.5) is 0 Å². The first kappa shape index (κ1) is 49.8. The van der Waals surface area contributed by atoms with E-state index in [2.05, 4.69) is 21.3 Å². The van der Waals surface area contributed by atoms with Crippen molar-refractivity contribution in [1.29, 1.82) is 0 Å². The van der Waals surface area contributed by atoms with Crippen molar-refractivity contribution in [2.75, 3.05) is 39.4 Å². The minimum Gasteiger partial charge on any atom is -0.481 e. The number of nitrogens with zero attached hydrogens (tertiary/aromatic N) is 4. The summed E-state index contributed by atoms with van der Waals surface area (Å²) in [5.74, 6) is -8.90. The summed E-state index contributed by atoms with van der Waals surface area (Å²) in [7, 11) is 0. The number of nitrogens with one attached hydrogen (secondary N) is 4. The number of likely N-dealkylation sites (tertiary alicyclic amines) is 4. The molecule has 0 radical (unpaired) electrons. The van der Waals surface area contributed by atoms with Crippen molar-refractivity contribution >= 4 is 59.2 Å². The minimum absolute atomic E-state index is 0.0146. The molecule has 356 valence electrons. The molecule has 23 heteroatoms. The highest BCUT2D eigenvalue weighted by Crippen LogP contribution is 2.27. The van der Waals surface area contributed by atoms with E-state index in [1.54, 1.807) is 30.3 Å². The number of nitrogens with two attached hydrogens (primary N) is 1. The van der Waals surface area contributed by atoms with Gasteiger partial charge in [-0.3, -0.25) is 43.2 Å². The highest BCUT2D eigenvalue weighted by molar-refractivity contribution is 5.99. The lowest BCUT2D eigenvalue weighted by molar-refractivity contribution is -0.153. The molecular formula is C42H59N9O14. The van der Waals surface area contributed by atoms with Crippen molar-refractivity contribution < 1.29 is 68.4 Å². The zero-order chi connectivity index (χ0) is 47.5. The Kier molecular flexibility index (Phi) is 17.3. The SMILES string of the molecule is C[C@H](N)C(=O)N[C@@H](CO)C(=O)N1CCC[C@H]1C(=O)N[C@@H](Cc1ccccc1)C(=O)N[C@@H](CO)C(=O)N1CCC[C@H]1C(=O)N[C@@H](CC(=O)O)C(=O)N1CCC[C@H]1C(=O)N1CCC[C@H]1C(=O)O. The zero-order valence-electron chi connectivity index (χ0n) is 36.1. The highest BCUT2D eigenvalue weighted by Gasteiger charge is 2.46. The van der Waals surface area contributed by atoms with E-state index in [1.807, 2.05) is 0 Å².